The molecule has 0 aliphatic rings. The highest BCUT2D eigenvalue weighted by Gasteiger charge is 2.20. The molecule has 0 saturated carbocycles. The third-order valence-corrected chi connectivity index (χ3v) is 4.80. The number of nitrogens with one attached hydrogen (secondary N) is 1. The van der Waals surface area contributed by atoms with Crippen LogP contribution in [-0.2, 0) is 7.05 Å². The lowest BCUT2D eigenvalue weighted by Crippen LogP contribution is -2.18. The molecule has 0 radical (unpaired) electrons. The molecular formula is C17H15FN6OS. The van der Waals surface area contributed by atoms with Crippen LogP contribution in [0.15, 0.2) is 47.5 Å². The number of aryl methyl sites for hydroxylation is 2. The summed E-state index contributed by atoms with van der Waals surface area (Å²) in [6.07, 6.45) is 3.53. The summed E-state index contributed by atoms with van der Waals surface area (Å²) in [5.74, 6) is 0.436. The number of hydrogen-bond donors (Lipinski definition) is 1. The Morgan fingerprint density at radius 3 is 2.73 bits per heavy atom. The molecule has 3 aromatic heterocycles. The van der Waals surface area contributed by atoms with E-state index in [-0.39, 0.29) is 17.4 Å². The Hall–Kier alpha value is -3.07. The van der Waals surface area contributed by atoms with Crippen LogP contribution in [0.3, 0.4) is 0 Å². The van der Waals surface area contributed by atoms with Gasteiger partial charge in [0.15, 0.2) is 0 Å². The average molecular weight is 370 g/mol. The minimum absolute atomic E-state index is 0.230. The molecule has 7 nitrogen and oxygen atoms in total. The first-order valence-corrected chi connectivity index (χ1v) is 8.69. The third kappa shape index (κ3) is 2.97. The molecular weight excluding hydrogens is 355 g/mol. The van der Waals surface area contributed by atoms with E-state index in [1.807, 2.05) is 17.8 Å². The first-order chi connectivity index (χ1) is 12.5. The SMILES string of the molecule is Cc1cc(=O)n2nc(N[C@@H](c3ccc(F)cc3)c3nccn3C)sc2n1. The second-order valence-electron chi connectivity index (χ2n) is 5.86. The van der Waals surface area contributed by atoms with Gasteiger partial charge in [0.05, 0.1) is 0 Å². The Morgan fingerprint density at radius 2 is 2.04 bits per heavy atom. The number of fused-ring (bicyclic) bond motifs is 1. The average Bonchev–Trinajstić information content (AvgIpc) is 3.19. The van der Waals surface area contributed by atoms with E-state index in [0.29, 0.717) is 15.8 Å². The van der Waals surface area contributed by atoms with Crippen molar-refractivity contribution in [3.05, 3.63) is 76.0 Å². The van der Waals surface area contributed by atoms with Gasteiger partial charge in [0.1, 0.15) is 17.7 Å². The summed E-state index contributed by atoms with van der Waals surface area (Å²) in [4.78, 5) is 21.3. The molecule has 9 heteroatoms. The van der Waals surface area contributed by atoms with Gasteiger partial charge in [-0.15, -0.1) is 5.10 Å². The Kier molecular flexibility index (Phi) is 4.00. The van der Waals surface area contributed by atoms with Gasteiger partial charge in [-0.1, -0.05) is 23.5 Å². The predicted octanol–water partition coefficient (Wildman–Crippen LogP) is 2.53. The molecule has 132 valence electrons. The quantitative estimate of drug-likeness (QED) is 0.597. The molecule has 0 fully saturated rings. The van der Waals surface area contributed by atoms with Gasteiger partial charge in [0, 0.05) is 31.2 Å². The van der Waals surface area contributed by atoms with E-state index in [1.165, 1.54) is 34.1 Å². The van der Waals surface area contributed by atoms with Crippen LogP contribution in [0.25, 0.3) is 4.96 Å². The Labute approximate surface area is 151 Å². The van der Waals surface area contributed by atoms with Gasteiger partial charge < -0.3 is 9.88 Å². The van der Waals surface area contributed by atoms with E-state index < -0.39 is 0 Å². The number of rotatable bonds is 4. The molecule has 0 unspecified atom stereocenters. The molecule has 1 atom stereocenters. The van der Waals surface area contributed by atoms with Crippen LogP contribution in [0.2, 0.25) is 0 Å². The number of aromatic nitrogens is 5. The van der Waals surface area contributed by atoms with Gasteiger partial charge in [-0.25, -0.2) is 14.4 Å². The van der Waals surface area contributed by atoms with Gasteiger partial charge in [-0.05, 0) is 24.6 Å². The summed E-state index contributed by atoms with van der Waals surface area (Å²) in [5, 5.41) is 8.14. The lowest BCUT2D eigenvalue weighted by molar-refractivity contribution is 0.626. The summed E-state index contributed by atoms with van der Waals surface area (Å²) >= 11 is 1.27. The second-order valence-corrected chi connectivity index (χ2v) is 6.82. The van der Waals surface area contributed by atoms with E-state index in [2.05, 4.69) is 20.4 Å². The fourth-order valence-corrected chi connectivity index (χ4v) is 3.59. The Balaban J connectivity index is 1.78. The molecule has 0 spiro atoms. The van der Waals surface area contributed by atoms with Crippen molar-refractivity contribution < 1.29 is 4.39 Å². The molecule has 0 amide bonds. The van der Waals surface area contributed by atoms with Gasteiger partial charge in [-0.2, -0.15) is 4.52 Å². The first-order valence-electron chi connectivity index (χ1n) is 7.88. The Bertz CT molecular complexity index is 1130. The smallest absolute Gasteiger partial charge is 0.275 e. The summed E-state index contributed by atoms with van der Waals surface area (Å²) in [5.41, 5.74) is 1.24. The van der Waals surface area contributed by atoms with E-state index in [0.717, 1.165) is 11.4 Å². The van der Waals surface area contributed by atoms with Crippen LogP contribution in [0, 0.1) is 12.7 Å². The van der Waals surface area contributed by atoms with Crippen LogP contribution >= 0.6 is 11.3 Å². The van der Waals surface area contributed by atoms with Crippen molar-refractivity contribution in [1.29, 1.82) is 0 Å². The molecule has 0 saturated heterocycles. The molecule has 1 aromatic carbocycles. The second kappa shape index (κ2) is 6.34. The summed E-state index contributed by atoms with van der Waals surface area (Å²) in [6, 6.07) is 7.29. The highest BCUT2D eigenvalue weighted by atomic mass is 32.1. The number of anilines is 1. The molecule has 1 N–H and O–H groups in total. The highest BCUT2D eigenvalue weighted by molar-refractivity contribution is 7.20. The van der Waals surface area contributed by atoms with Crippen molar-refractivity contribution in [2.75, 3.05) is 5.32 Å². The maximum atomic E-state index is 13.3. The van der Waals surface area contributed by atoms with E-state index >= 15 is 0 Å². The molecule has 0 bridgehead atoms. The van der Waals surface area contributed by atoms with Crippen molar-refractivity contribution >= 4 is 21.4 Å². The normalized spacial score (nSPS) is 12.4. The van der Waals surface area contributed by atoms with Gasteiger partial charge in [0.25, 0.3) is 5.56 Å². The summed E-state index contributed by atoms with van der Waals surface area (Å²) in [7, 11) is 1.88. The van der Waals surface area contributed by atoms with Crippen molar-refractivity contribution in [2.24, 2.45) is 7.05 Å². The van der Waals surface area contributed by atoms with Crippen molar-refractivity contribution in [1.82, 2.24) is 24.1 Å². The van der Waals surface area contributed by atoms with Crippen LogP contribution in [0.4, 0.5) is 9.52 Å². The van der Waals surface area contributed by atoms with Gasteiger partial charge >= 0.3 is 0 Å². The molecule has 26 heavy (non-hydrogen) atoms. The molecule has 3 heterocycles. The number of nitrogens with zero attached hydrogens (tertiary/aromatic N) is 5. The van der Waals surface area contributed by atoms with Crippen LogP contribution in [0.5, 0.6) is 0 Å². The standard InChI is InChI=1S/C17H15FN6OS/c1-10-9-13(25)24-17(20-10)26-16(22-24)21-14(15-19-7-8-23(15)2)11-3-5-12(18)6-4-11/h3-9,14H,1-2H3,(H,21,22)/t14-/m0/s1. The molecule has 4 rings (SSSR count). The van der Waals surface area contributed by atoms with Gasteiger partial charge in [0.2, 0.25) is 10.1 Å². The monoisotopic (exact) mass is 370 g/mol. The number of benzene rings is 1. The summed E-state index contributed by atoms with van der Waals surface area (Å²) < 4.78 is 16.5. The number of imidazole rings is 1. The minimum Gasteiger partial charge on any atom is -0.346 e. The maximum Gasteiger partial charge on any atom is 0.275 e. The van der Waals surface area contributed by atoms with Crippen molar-refractivity contribution in [2.45, 2.75) is 13.0 Å². The van der Waals surface area contributed by atoms with Crippen molar-refractivity contribution in [3.63, 3.8) is 0 Å². The topological polar surface area (TPSA) is 77.1 Å². The Morgan fingerprint density at radius 1 is 1.27 bits per heavy atom. The lowest BCUT2D eigenvalue weighted by Gasteiger charge is -2.18. The van der Waals surface area contributed by atoms with Crippen molar-refractivity contribution in [3.8, 4) is 0 Å². The van der Waals surface area contributed by atoms with Crippen LogP contribution in [0.1, 0.15) is 23.1 Å². The summed E-state index contributed by atoms with van der Waals surface area (Å²) in [6.45, 7) is 1.77. The minimum atomic E-state index is -0.354. The molecule has 0 aliphatic carbocycles. The zero-order chi connectivity index (χ0) is 18.3. The van der Waals surface area contributed by atoms with Crippen LogP contribution in [-0.4, -0.2) is 24.1 Å². The zero-order valence-corrected chi connectivity index (χ0v) is 14.9. The fraction of sp³-hybridized carbons (Fsp3) is 0.176. The van der Waals surface area contributed by atoms with Gasteiger partial charge in [-0.3, -0.25) is 4.79 Å². The first kappa shape index (κ1) is 16.4. The number of hydrogen-bond acceptors (Lipinski definition) is 6. The fourth-order valence-electron chi connectivity index (χ4n) is 2.71. The predicted molar refractivity (Wildman–Crippen MR) is 96.9 cm³/mol. The van der Waals surface area contributed by atoms with Crippen LogP contribution < -0.4 is 10.9 Å². The largest absolute Gasteiger partial charge is 0.346 e. The molecule has 0 aliphatic heterocycles. The van der Waals surface area contributed by atoms with E-state index in [9.17, 15) is 9.18 Å². The van der Waals surface area contributed by atoms with E-state index in [4.69, 9.17) is 0 Å². The zero-order valence-electron chi connectivity index (χ0n) is 14.0. The maximum absolute atomic E-state index is 13.3. The molecule has 4 aromatic rings. The lowest BCUT2D eigenvalue weighted by atomic mass is 10.1. The number of halogens is 1. The van der Waals surface area contributed by atoms with E-state index in [1.54, 1.807) is 25.3 Å². The third-order valence-electron chi connectivity index (χ3n) is 3.96. The highest BCUT2D eigenvalue weighted by Crippen LogP contribution is 2.27.